The normalized spacial score (nSPS) is 14.8. The van der Waals surface area contributed by atoms with Crippen LogP contribution >= 0.6 is 35.0 Å². The fourth-order valence-corrected chi connectivity index (χ4v) is 6.50. The topological polar surface area (TPSA) is 90.0 Å². The number of carbonyl (C=O) groups excluding carboxylic acids is 2. The highest BCUT2D eigenvalue weighted by molar-refractivity contribution is 8.18. The van der Waals surface area contributed by atoms with Crippen LogP contribution in [0.2, 0.25) is 10.0 Å². The third-order valence-electron chi connectivity index (χ3n) is 5.92. The van der Waals surface area contributed by atoms with Gasteiger partial charge in [-0.2, -0.15) is 8.42 Å². The zero-order valence-electron chi connectivity index (χ0n) is 20.3. The van der Waals surface area contributed by atoms with Crippen LogP contribution in [0.3, 0.4) is 0 Å². The largest absolute Gasteiger partial charge is 0.493 e. The number of benzene rings is 4. The molecule has 1 aliphatic heterocycles. The number of imide groups is 1. The fraction of sp³-hybridized carbons (Fsp3) is 0.0714. The molecule has 1 aliphatic rings. The summed E-state index contributed by atoms with van der Waals surface area (Å²) in [6.45, 7) is 0.000135. The monoisotopic (exact) mass is 599 g/mol. The molecule has 198 valence electrons. The maximum Gasteiger partial charge on any atom is 0.339 e. The van der Waals surface area contributed by atoms with Gasteiger partial charge in [0.1, 0.15) is 4.90 Å². The van der Waals surface area contributed by atoms with Gasteiger partial charge in [-0.15, -0.1) is 0 Å². The smallest absolute Gasteiger partial charge is 0.339 e. The lowest BCUT2D eigenvalue weighted by molar-refractivity contribution is -0.123. The number of halogens is 2. The second-order valence-electron chi connectivity index (χ2n) is 8.43. The Balaban J connectivity index is 1.39. The molecule has 0 unspecified atom stereocenters. The summed E-state index contributed by atoms with van der Waals surface area (Å²) in [6.07, 6.45) is 1.53. The number of methoxy groups -OCH3 is 1. The lowest BCUT2D eigenvalue weighted by atomic mass is 10.1. The van der Waals surface area contributed by atoms with Crippen LogP contribution in [0, 0.1) is 0 Å². The van der Waals surface area contributed by atoms with E-state index in [0.29, 0.717) is 26.6 Å². The van der Waals surface area contributed by atoms with Gasteiger partial charge in [0.15, 0.2) is 11.5 Å². The van der Waals surface area contributed by atoms with Gasteiger partial charge in [0, 0.05) is 15.4 Å². The number of hydrogen-bond donors (Lipinski definition) is 0. The number of nitrogens with zero attached hydrogens (tertiary/aromatic N) is 1. The summed E-state index contributed by atoms with van der Waals surface area (Å²) in [5.41, 5.74) is 1.09. The van der Waals surface area contributed by atoms with E-state index < -0.39 is 21.3 Å². The summed E-state index contributed by atoms with van der Waals surface area (Å²) >= 11 is 12.9. The first-order valence-electron chi connectivity index (χ1n) is 11.5. The Hall–Kier alpha value is -3.50. The summed E-state index contributed by atoms with van der Waals surface area (Å²) in [5, 5.41) is 1.65. The maximum absolute atomic E-state index is 13.2. The molecule has 4 aromatic carbocycles. The minimum atomic E-state index is -4.19. The van der Waals surface area contributed by atoms with Crippen molar-refractivity contribution in [3.63, 3.8) is 0 Å². The van der Waals surface area contributed by atoms with E-state index in [1.807, 2.05) is 18.2 Å². The summed E-state index contributed by atoms with van der Waals surface area (Å²) in [4.78, 5) is 26.9. The molecule has 0 aliphatic carbocycles. The number of thioether (sulfide) groups is 1. The Morgan fingerprint density at radius 3 is 2.46 bits per heavy atom. The molecule has 0 radical (unpaired) electrons. The van der Waals surface area contributed by atoms with Crippen molar-refractivity contribution >= 4 is 73.1 Å². The van der Waals surface area contributed by atoms with Crippen LogP contribution in [0.25, 0.3) is 16.8 Å². The van der Waals surface area contributed by atoms with E-state index in [0.717, 1.165) is 22.0 Å². The van der Waals surface area contributed by atoms with Gasteiger partial charge in [-0.3, -0.25) is 14.5 Å². The lowest BCUT2D eigenvalue weighted by Gasteiger charge is -2.14. The molecule has 11 heteroatoms. The SMILES string of the molecule is COc1cc(/C=C2\SC(=O)N(Cc3ccc(Cl)cc3Cl)C2=O)ccc1OS(=O)(=O)c1cccc2ccccc12. The molecule has 0 spiro atoms. The van der Waals surface area contributed by atoms with Gasteiger partial charge in [-0.25, -0.2) is 0 Å². The molecule has 0 N–H and O–H groups in total. The van der Waals surface area contributed by atoms with E-state index in [2.05, 4.69) is 0 Å². The van der Waals surface area contributed by atoms with E-state index >= 15 is 0 Å². The molecule has 0 aromatic heterocycles. The van der Waals surface area contributed by atoms with E-state index in [-0.39, 0.29) is 27.8 Å². The van der Waals surface area contributed by atoms with Gasteiger partial charge in [-0.05, 0) is 64.7 Å². The third-order valence-corrected chi connectivity index (χ3v) is 8.71. The molecular formula is C28H19Cl2NO6S2. The highest BCUT2D eigenvalue weighted by atomic mass is 35.5. The zero-order chi connectivity index (χ0) is 27.7. The molecule has 0 bridgehead atoms. The number of fused-ring (bicyclic) bond motifs is 1. The zero-order valence-corrected chi connectivity index (χ0v) is 23.4. The quantitative estimate of drug-likeness (QED) is 0.164. The van der Waals surface area contributed by atoms with Crippen LogP contribution < -0.4 is 8.92 Å². The molecule has 0 saturated carbocycles. The Bertz CT molecular complexity index is 1770. The first kappa shape index (κ1) is 27.1. The van der Waals surface area contributed by atoms with Crippen molar-refractivity contribution in [2.45, 2.75) is 11.4 Å². The first-order chi connectivity index (χ1) is 18.7. The number of amides is 2. The Morgan fingerprint density at radius 2 is 1.69 bits per heavy atom. The molecule has 7 nitrogen and oxygen atoms in total. The summed E-state index contributed by atoms with van der Waals surface area (Å²) in [6, 6.07) is 21.4. The van der Waals surface area contributed by atoms with Crippen LogP contribution in [0.4, 0.5) is 4.79 Å². The Kier molecular flexibility index (Phi) is 7.59. The highest BCUT2D eigenvalue weighted by Gasteiger charge is 2.35. The second kappa shape index (κ2) is 10.9. The van der Waals surface area contributed by atoms with E-state index in [4.69, 9.17) is 32.1 Å². The summed E-state index contributed by atoms with van der Waals surface area (Å²) in [7, 11) is -2.82. The molecule has 1 fully saturated rings. The summed E-state index contributed by atoms with van der Waals surface area (Å²) < 4.78 is 37.1. The molecule has 39 heavy (non-hydrogen) atoms. The molecule has 2 amide bonds. The van der Waals surface area contributed by atoms with E-state index in [9.17, 15) is 18.0 Å². The number of carbonyl (C=O) groups is 2. The van der Waals surface area contributed by atoms with E-state index in [1.165, 1.54) is 31.4 Å². The van der Waals surface area contributed by atoms with Crippen LogP contribution in [-0.2, 0) is 21.5 Å². The van der Waals surface area contributed by atoms with Gasteiger partial charge in [0.25, 0.3) is 11.1 Å². The molecule has 1 heterocycles. The first-order valence-corrected chi connectivity index (χ1v) is 14.4. The van der Waals surface area contributed by atoms with Crippen molar-refractivity contribution in [1.82, 2.24) is 4.90 Å². The second-order valence-corrected chi connectivity index (χ2v) is 11.8. The van der Waals surface area contributed by atoms with Gasteiger partial charge in [0.2, 0.25) is 0 Å². The number of ether oxygens (including phenoxy) is 1. The van der Waals surface area contributed by atoms with Gasteiger partial charge in [0.05, 0.1) is 18.6 Å². The lowest BCUT2D eigenvalue weighted by Crippen LogP contribution is -2.27. The number of rotatable bonds is 7. The minimum Gasteiger partial charge on any atom is -0.493 e. The molecule has 5 rings (SSSR count). The van der Waals surface area contributed by atoms with Crippen LogP contribution in [0.15, 0.2) is 88.7 Å². The molecular weight excluding hydrogens is 581 g/mol. The van der Waals surface area contributed by atoms with Gasteiger partial charge >= 0.3 is 10.1 Å². The van der Waals surface area contributed by atoms with Crippen LogP contribution in [0.1, 0.15) is 11.1 Å². The van der Waals surface area contributed by atoms with Crippen molar-refractivity contribution in [3.05, 3.63) is 105 Å². The summed E-state index contributed by atoms with van der Waals surface area (Å²) in [5.74, 6) is -0.360. The third kappa shape index (κ3) is 5.62. The molecule has 0 atom stereocenters. The van der Waals surface area contributed by atoms with Crippen molar-refractivity contribution in [2.24, 2.45) is 0 Å². The van der Waals surface area contributed by atoms with Crippen molar-refractivity contribution in [3.8, 4) is 11.5 Å². The van der Waals surface area contributed by atoms with Gasteiger partial charge in [-0.1, -0.05) is 71.7 Å². The minimum absolute atomic E-state index is 0.000135. The average Bonchev–Trinajstić information content (AvgIpc) is 3.17. The predicted octanol–water partition coefficient (Wildman–Crippen LogP) is 7.16. The molecule has 4 aromatic rings. The maximum atomic E-state index is 13.2. The average molecular weight is 601 g/mol. The van der Waals surface area contributed by atoms with Crippen molar-refractivity contribution < 1.29 is 26.9 Å². The van der Waals surface area contributed by atoms with Crippen LogP contribution in [0.5, 0.6) is 11.5 Å². The highest BCUT2D eigenvalue weighted by Crippen LogP contribution is 2.37. The predicted molar refractivity (Wildman–Crippen MR) is 153 cm³/mol. The van der Waals surface area contributed by atoms with Crippen molar-refractivity contribution in [1.29, 1.82) is 0 Å². The Morgan fingerprint density at radius 1 is 0.923 bits per heavy atom. The standard InChI is InChI=1S/C28H19Cl2NO6S2/c1-36-24-13-17(14-25-27(32)31(28(33)38-25)16-19-10-11-20(29)15-22(19)30)9-12-23(24)37-39(34,35)26-8-4-6-18-5-2-3-7-21(18)26/h2-15H,16H2,1H3/b25-14-. The Labute approximate surface area is 239 Å². The number of hydrogen-bond acceptors (Lipinski definition) is 7. The fourth-order valence-electron chi connectivity index (χ4n) is 4.03. The van der Waals surface area contributed by atoms with Gasteiger partial charge < -0.3 is 8.92 Å². The molecule has 1 saturated heterocycles. The van der Waals surface area contributed by atoms with Crippen molar-refractivity contribution in [2.75, 3.05) is 7.11 Å². The van der Waals surface area contributed by atoms with Crippen LogP contribution in [-0.4, -0.2) is 31.6 Å². The van der Waals surface area contributed by atoms with E-state index in [1.54, 1.807) is 42.5 Å².